The quantitative estimate of drug-likeness (QED) is 0.445. The molecule has 0 aliphatic heterocycles. The van der Waals surface area contributed by atoms with Gasteiger partial charge >= 0.3 is 0 Å². The first-order valence-corrected chi connectivity index (χ1v) is 5.22. The minimum absolute atomic E-state index is 0.372. The van der Waals surface area contributed by atoms with E-state index >= 15 is 0 Å². The Kier molecular flexibility index (Phi) is 4.80. The minimum atomic E-state index is -0.372. The molecule has 4 heteroatoms. The van der Waals surface area contributed by atoms with Gasteiger partial charge in [0.15, 0.2) is 0 Å². The SMILES string of the molecule is [B]c1ccc(C(N)N=C(CC)NC=C)cc1. The summed E-state index contributed by atoms with van der Waals surface area (Å²) < 4.78 is 0. The smallest absolute Gasteiger partial charge is 0.125 e. The molecule has 1 aromatic rings. The maximum Gasteiger partial charge on any atom is 0.125 e. The average molecular weight is 213 g/mol. The molecule has 82 valence electrons. The van der Waals surface area contributed by atoms with Crippen LogP contribution in [-0.4, -0.2) is 13.7 Å². The van der Waals surface area contributed by atoms with Crippen LogP contribution in [0, 0.1) is 0 Å². The molecular weight excluding hydrogens is 197 g/mol. The minimum Gasteiger partial charge on any atom is -0.351 e. The van der Waals surface area contributed by atoms with Crippen molar-refractivity contribution in [3.63, 3.8) is 0 Å². The first kappa shape index (κ1) is 12.5. The fourth-order valence-corrected chi connectivity index (χ4v) is 1.28. The van der Waals surface area contributed by atoms with E-state index in [4.69, 9.17) is 13.6 Å². The molecule has 0 amide bonds. The monoisotopic (exact) mass is 213 g/mol. The van der Waals surface area contributed by atoms with Gasteiger partial charge in [0.1, 0.15) is 19.8 Å². The van der Waals surface area contributed by atoms with Crippen LogP contribution < -0.4 is 16.5 Å². The number of nitrogens with one attached hydrogen (secondary N) is 1. The van der Waals surface area contributed by atoms with Gasteiger partial charge in [-0.25, -0.2) is 4.99 Å². The number of hydrogen-bond donors (Lipinski definition) is 2. The van der Waals surface area contributed by atoms with E-state index in [0.29, 0.717) is 0 Å². The molecule has 0 heterocycles. The third-order valence-electron chi connectivity index (χ3n) is 2.18. The van der Waals surface area contributed by atoms with E-state index in [1.165, 1.54) is 0 Å². The highest BCUT2D eigenvalue weighted by molar-refractivity contribution is 6.32. The van der Waals surface area contributed by atoms with Crippen molar-refractivity contribution in [2.24, 2.45) is 10.7 Å². The van der Waals surface area contributed by atoms with Crippen LogP contribution in [0.1, 0.15) is 25.1 Å². The Morgan fingerprint density at radius 2 is 2.19 bits per heavy atom. The van der Waals surface area contributed by atoms with Crippen LogP contribution in [-0.2, 0) is 0 Å². The Labute approximate surface area is 97.9 Å². The fraction of sp³-hybridized carbons (Fsp3) is 0.250. The summed E-state index contributed by atoms with van der Waals surface area (Å²) in [5.41, 5.74) is 7.61. The van der Waals surface area contributed by atoms with Crippen LogP contribution in [0.15, 0.2) is 42.0 Å². The zero-order valence-electron chi connectivity index (χ0n) is 9.48. The van der Waals surface area contributed by atoms with Gasteiger partial charge in [0.25, 0.3) is 0 Å². The van der Waals surface area contributed by atoms with Gasteiger partial charge in [-0.15, -0.1) is 0 Å². The number of rotatable bonds is 4. The number of amidine groups is 1. The van der Waals surface area contributed by atoms with Crippen LogP contribution in [0.4, 0.5) is 0 Å². The van der Waals surface area contributed by atoms with Crippen LogP contribution in [0.3, 0.4) is 0 Å². The molecule has 0 saturated carbocycles. The van der Waals surface area contributed by atoms with E-state index in [-0.39, 0.29) is 6.17 Å². The average Bonchev–Trinajstić information content (AvgIpc) is 2.29. The lowest BCUT2D eigenvalue weighted by Crippen LogP contribution is -2.20. The summed E-state index contributed by atoms with van der Waals surface area (Å²) in [6.07, 6.45) is 2.01. The second-order valence-corrected chi connectivity index (χ2v) is 3.39. The summed E-state index contributed by atoms with van der Waals surface area (Å²) >= 11 is 0. The highest BCUT2D eigenvalue weighted by Gasteiger charge is 2.04. The third kappa shape index (κ3) is 3.55. The molecule has 0 saturated heterocycles. The number of nitrogens with two attached hydrogens (primary N) is 1. The Balaban J connectivity index is 2.80. The molecule has 1 unspecified atom stereocenters. The molecule has 1 rings (SSSR count). The van der Waals surface area contributed by atoms with Crippen molar-refractivity contribution in [1.82, 2.24) is 5.32 Å². The summed E-state index contributed by atoms with van der Waals surface area (Å²) in [6.45, 7) is 5.60. The Morgan fingerprint density at radius 1 is 1.56 bits per heavy atom. The highest BCUT2D eigenvalue weighted by atomic mass is 15.0. The lowest BCUT2D eigenvalue weighted by molar-refractivity contribution is 0.765. The standard InChI is InChI=1S/C12H16BN3/c1-3-11(15-4-2)16-12(14)9-5-7-10(13)8-6-9/h4-8,12H,2-3,14H2,1H3,(H,15,16). The van der Waals surface area contributed by atoms with Gasteiger partial charge in [0, 0.05) is 6.42 Å². The number of hydrogen-bond acceptors (Lipinski definition) is 2. The highest BCUT2D eigenvalue weighted by Crippen LogP contribution is 2.10. The van der Waals surface area contributed by atoms with Gasteiger partial charge in [-0.1, -0.05) is 43.2 Å². The van der Waals surface area contributed by atoms with Crippen molar-refractivity contribution in [3.8, 4) is 0 Å². The van der Waals surface area contributed by atoms with Gasteiger partial charge in [-0.05, 0) is 11.8 Å². The maximum absolute atomic E-state index is 5.95. The zero-order valence-corrected chi connectivity index (χ0v) is 9.48. The molecule has 3 N–H and O–H groups in total. The molecule has 1 aromatic carbocycles. The molecule has 0 spiro atoms. The predicted octanol–water partition coefficient (Wildman–Crippen LogP) is 0.979. The Morgan fingerprint density at radius 3 is 2.69 bits per heavy atom. The Bertz CT molecular complexity index is 370. The second-order valence-electron chi connectivity index (χ2n) is 3.39. The van der Waals surface area contributed by atoms with Gasteiger partial charge < -0.3 is 11.1 Å². The van der Waals surface area contributed by atoms with E-state index in [2.05, 4.69) is 16.9 Å². The summed E-state index contributed by atoms with van der Waals surface area (Å²) in [5.74, 6) is 0.819. The van der Waals surface area contributed by atoms with Gasteiger partial charge in [0.2, 0.25) is 0 Å². The van der Waals surface area contributed by atoms with Crippen LogP contribution in [0.25, 0.3) is 0 Å². The van der Waals surface area contributed by atoms with Crippen molar-refractivity contribution >= 4 is 19.1 Å². The molecule has 1 atom stereocenters. The van der Waals surface area contributed by atoms with Crippen molar-refractivity contribution in [3.05, 3.63) is 42.6 Å². The van der Waals surface area contributed by atoms with E-state index in [0.717, 1.165) is 23.3 Å². The van der Waals surface area contributed by atoms with E-state index in [9.17, 15) is 0 Å². The first-order chi connectivity index (χ1) is 7.67. The zero-order chi connectivity index (χ0) is 12.0. The first-order valence-electron chi connectivity index (χ1n) is 5.22. The lowest BCUT2D eigenvalue weighted by atomic mass is 9.95. The maximum atomic E-state index is 5.95. The molecule has 16 heavy (non-hydrogen) atoms. The van der Waals surface area contributed by atoms with Gasteiger partial charge in [0.05, 0.1) is 0 Å². The number of benzene rings is 1. The summed E-state index contributed by atoms with van der Waals surface area (Å²) in [5, 5.41) is 2.95. The number of aliphatic imine (C=N–C) groups is 1. The normalized spacial score (nSPS) is 13.2. The van der Waals surface area contributed by atoms with Crippen LogP contribution in [0.5, 0.6) is 0 Å². The molecule has 0 bridgehead atoms. The molecule has 0 aliphatic carbocycles. The largest absolute Gasteiger partial charge is 0.351 e. The third-order valence-corrected chi connectivity index (χ3v) is 2.18. The van der Waals surface area contributed by atoms with Crippen molar-refractivity contribution in [1.29, 1.82) is 0 Å². The van der Waals surface area contributed by atoms with Crippen molar-refractivity contribution in [2.75, 3.05) is 0 Å². The van der Waals surface area contributed by atoms with E-state index < -0.39 is 0 Å². The summed E-state index contributed by atoms with van der Waals surface area (Å²) in [7, 11) is 5.60. The van der Waals surface area contributed by atoms with Gasteiger partial charge in [-0.2, -0.15) is 0 Å². The second kappa shape index (κ2) is 6.13. The predicted molar refractivity (Wildman–Crippen MR) is 69.8 cm³/mol. The molecule has 3 nitrogen and oxygen atoms in total. The molecule has 0 fully saturated rings. The molecule has 2 radical (unpaired) electrons. The van der Waals surface area contributed by atoms with Crippen LogP contribution >= 0.6 is 0 Å². The molecule has 0 aromatic heterocycles. The summed E-state index contributed by atoms with van der Waals surface area (Å²) in [4.78, 5) is 4.36. The summed E-state index contributed by atoms with van der Waals surface area (Å²) in [6, 6.07) is 7.39. The Hall–Kier alpha value is -1.55. The lowest BCUT2D eigenvalue weighted by Gasteiger charge is -2.10. The van der Waals surface area contributed by atoms with E-state index in [1.54, 1.807) is 6.20 Å². The number of nitrogens with zero attached hydrogens (tertiary/aromatic N) is 1. The van der Waals surface area contributed by atoms with E-state index in [1.807, 2.05) is 31.2 Å². The topological polar surface area (TPSA) is 50.4 Å². The van der Waals surface area contributed by atoms with Crippen molar-refractivity contribution < 1.29 is 0 Å². The molecular formula is C12H16BN3. The van der Waals surface area contributed by atoms with Crippen LogP contribution in [0.2, 0.25) is 0 Å². The van der Waals surface area contributed by atoms with Gasteiger partial charge in [-0.3, -0.25) is 0 Å². The van der Waals surface area contributed by atoms with Crippen molar-refractivity contribution in [2.45, 2.75) is 19.5 Å². The fourth-order valence-electron chi connectivity index (χ4n) is 1.28. The molecule has 0 aliphatic rings.